The van der Waals surface area contributed by atoms with Gasteiger partial charge in [-0.3, -0.25) is 9.69 Å². The Bertz CT molecular complexity index is 1220. The maximum Gasteiger partial charge on any atom is 0.267 e. The highest BCUT2D eigenvalue weighted by Gasteiger charge is 2.23. The van der Waals surface area contributed by atoms with Gasteiger partial charge in [0.05, 0.1) is 23.4 Å². The highest BCUT2D eigenvalue weighted by molar-refractivity contribution is 7.23. The minimum atomic E-state index is -0.526. The van der Waals surface area contributed by atoms with Crippen molar-refractivity contribution in [1.29, 1.82) is 0 Å². The fourth-order valence-electron chi connectivity index (χ4n) is 3.03. The minimum absolute atomic E-state index is 0.0181. The van der Waals surface area contributed by atoms with Crippen LogP contribution in [0.4, 0.5) is 9.52 Å². The Balaban J connectivity index is 1.67. The molecule has 31 heavy (non-hydrogen) atoms. The molecule has 4 rings (SSSR count). The van der Waals surface area contributed by atoms with E-state index in [1.807, 2.05) is 30.3 Å². The van der Waals surface area contributed by atoms with Gasteiger partial charge < -0.3 is 9.47 Å². The highest BCUT2D eigenvalue weighted by Crippen LogP contribution is 2.39. The standard InChI is InChI=1S/C23H18ClFN2O3S/c1-29-19-12-11-16(24)22-21(19)26-23(31-22)27(13-15-7-3-2-4-8-15)20(28)14-30-18-10-6-5-9-17(18)25/h2-12H,13-14H2,1H3. The molecule has 0 saturated heterocycles. The van der Waals surface area contributed by atoms with Crippen LogP contribution in [0.25, 0.3) is 10.2 Å². The number of methoxy groups -OCH3 is 1. The number of rotatable bonds is 7. The zero-order valence-electron chi connectivity index (χ0n) is 16.5. The zero-order chi connectivity index (χ0) is 21.8. The Hall–Kier alpha value is -3.16. The Morgan fingerprint density at radius 3 is 2.55 bits per heavy atom. The normalized spacial score (nSPS) is 10.8. The first-order valence-corrected chi connectivity index (χ1v) is 10.6. The van der Waals surface area contributed by atoms with Crippen LogP contribution in [0.5, 0.6) is 11.5 Å². The first kappa shape index (κ1) is 21.1. The van der Waals surface area contributed by atoms with Crippen molar-refractivity contribution in [3.63, 3.8) is 0 Å². The summed E-state index contributed by atoms with van der Waals surface area (Å²) in [6.45, 7) is -0.0609. The highest BCUT2D eigenvalue weighted by atomic mass is 35.5. The topological polar surface area (TPSA) is 51.7 Å². The number of hydrogen-bond donors (Lipinski definition) is 0. The lowest BCUT2D eigenvalue weighted by Gasteiger charge is -2.20. The minimum Gasteiger partial charge on any atom is -0.494 e. The third kappa shape index (κ3) is 4.62. The quantitative estimate of drug-likeness (QED) is 0.357. The van der Waals surface area contributed by atoms with E-state index in [1.54, 1.807) is 31.4 Å². The summed E-state index contributed by atoms with van der Waals surface area (Å²) in [7, 11) is 1.55. The maximum absolute atomic E-state index is 13.9. The summed E-state index contributed by atoms with van der Waals surface area (Å²) in [5.74, 6) is -0.302. The number of para-hydroxylation sites is 1. The molecule has 8 heteroatoms. The van der Waals surface area contributed by atoms with Crippen LogP contribution in [0.1, 0.15) is 5.56 Å². The number of fused-ring (bicyclic) bond motifs is 1. The van der Waals surface area contributed by atoms with Gasteiger partial charge in [-0.2, -0.15) is 0 Å². The van der Waals surface area contributed by atoms with Gasteiger partial charge in [-0.15, -0.1) is 0 Å². The van der Waals surface area contributed by atoms with Crippen LogP contribution >= 0.6 is 22.9 Å². The summed E-state index contributed by atoms with van der Waals surface area (Å²) < 4.78 is 25.4. The Morgan fingerprint density at radius 2 is 1.81 bits per heavy atom. The smallest absolute Gasteiger partial charge is 0.267 e. The molecule has 0 aliphatic heterocycles. The van der Waals surface area contributed by atoms with E-state index < -0.39 is 5.82 Å². The molecule has 0 aliphatic carbocycles. The summed E-state index contributed by atoms with van der Waals surface area (Å²) in [5, 5.41) is 0.974. The van der Waals surface area contributed by atoms with E-state index in [0.717, 1.165) is 10.3 Å². The zero-order valence-corrected chi connectivity index (χ0v) is 18.1. The van der Waals surface area contributed by atoms with Gasteiger partial charge in [0, 0.05) is 0 Å². The van der Waals surface area contributed by atoms with Gasteiger partial charge in [0.25, 0.3) is 5.91 Å². The van der Waals surface area contributed by atoms with Gasteiger partial charge >= 0.3 is 0 Å². The van der Waals surface area contributed by atoms with Crippen molar-refractivity contribution in [2.24, 2.45) is 0 Å². The van der Waals surface area contributed by atoms with Gasteiger partial charge in [0.1, 0.15) is 11.3 Å². The van der Waals surface area contributed by atoms with Crippen molar-refractivity contribution < 1.29 is 18.7 Å². The number of benzene rings is 3. The van der Waals surface area contributed by atoms with Gasteiger partial charge in [0.15, 0.2) is 23.3 Å². The predicted molar refractivity (Wildman–Crippen MR) is 121 cm³/mol. The van der Waals surface area contributed by atoms with Crippen molar-refractivity contribution in [3.05, 3.63) is 83.1 Å². The third-order valence-electron chi connectivity index (χ3n) is 4.57. The molecule has 1 aromatic heterocycles. The van der Waals surface area contributed by atoms with Crippen molar-refractivity contribution in [3.8, 4) is 11.5 Å². The van der Waals surface area contributed by atoms with Gasteiger partial charge in [-0.1, -0.05) is 65.4 Å². The molecular weight excluding hydrogens is 439 g/mol. The van der Waals surface area contributed by atoms with E-state index in [-0.39, 0.29) is 24.8 Å². The molecule has 0 aliphatic rings. The molecule has 4 aromatic rings. The van der Waals surface area contributed by atoms with E-state index in [0.29, 0.717) is 21.4 Å². The first-order valence-electron chi connectivity index (χ1n) is 9.41. The molecule has 0 radical (unpaired) electrons. The number of carbonyl (C=O) groups excluding carboxylic acids is 1. The monoisotopic (exact) mass is 456 g/mol. The number of thiazole rings is 1. The molecule has 0 unspecified atom stereocenters. The molecule has 158 valence electrons. The number of hydrogen-bond acceptors (Lipinski definition) is 5. The lowest BCUT2D eigenvalue weighted by atomic mass is 10.2. The summed E-state index contributed by atoms with van der Waals surface area (Å²) in [4.78, 5) is 19.3. The van der Waals surface area contributed by atoms with E-state index in [4.69, 9.17) is 21.1 Å². The van der Waals surface area contributed by atoms with Crippen LogP contribution in [-0.2, 0) is 11.3 Å². The van der Waals surface area contributed by atoms with Crippen LogP contribution in [0, 0.1) is 5.82 Å². The van der Waals surface area contributed by atoms with Crippen molar-refractivity contribution in [2.75, 3.05) is 18.6 Å². The second kappa shape index (κ2) is 9.32. The molecule has 0 N–H and O–H groups in total. The Morgan fingerprint density at radius 1 is 1.06 bits per heavy atom. The average Bonchev–Trinajstić information content (AvgIpc) is 3.24. The van der Waals surface area contributed by atoms with Crippen molar-refractivity contribution in [2.45, 2.75) is 6.54 Å². The molecule has 1 amide bonds. The lowest BCUT2D eigenvalue weighted by Crippen LogP contribution is -2.34. The van der Waals surface area contributed by atoms with Crippen LogP contribution in [-0.4, -0.2) is 24.6 Å². The second-order valence-electron chi connectivity index (χ2n) is 6.61. The van der Waals surface area contributed by atoms with Crippen LogP contribution in [0.15, 0.2) is 66.7 Å². The van der Waals surface area contributed by atoms with Crippen molar-refractivity contribution >= 4 is 44.2 Å². The van der Waals surface area contributed by atoms with E-state index >= 15 is 0 Å². The number of anilines is 1. The maximum atomic E-state index is 13.9. The third-order valence-corrected chi connectivity index (χ3v) is 6.11. The molecule has 3 aromatic carbocycles. The lowest BCUT2D eigenvalue weighted by molar-refractivity contribution is -0.120. The van der Waals surface area contributed by atoms with E-state index in [1.165, 1.54) is 28.4 Å². The van der Waals surface area contributed by atoms with E-state index in [2.05, 4.69) is 4.98 Å². The van der Waals surface area contributed by atoms with Gasteiger partial charge in [0.2, 0.25) is 0 Å². The fourth-order valence-corrected chi connectivity index (χ4v) is 4.30. The summed E-state index contributed by atoms with van der Waals surface area (Å²) in [5.41, 5.74) is 1.50. The summed E-state index contributed by atoms with van der Waals surface area (Å²) in [6.07, 6.45) is 0. The van der Waals surface area contributed by atoms with Gasteiger partial charge in [-0.25, -0.2) is 9.37 Å². The molecule has 0 fully saturated rings. The SMILES string of the molecule is COc1ccc(Cl)c2sc(N(Cc3ccccc3)C(=O)COc3ccccc3F)nc12. The number of nitrogens with zero attached hydrogens (tertiary/aromatic N) is 2. The largest absolute Gasteiger partial charge is 0.494 e. The predicted octanol–water partition coefficient (Wildman–Crippen LogP) is 5.71. The molecule has 0 atom stereocenters. The van der Waals surface area contributed by atoms with Crippen LogP contribution in [0.2, 0.25) is 5.02 Å². The summed E-state index contributed by atoms with van der Waals surface area (Å²) >= 11 is 7.63. The second-order valence-corrected chi connectivity index (χ2v) is 7.99. The molecular formula is C23H18ClFN2O3S. The number of aromatic nitrogens is 1. The molecule has 0 spiro atoms. The Kier molecular flexibility index (Phi) is 6.34. The average molecular weight is 457 g/mol. The molecule has 0 saturated carbocycles. The number of amides is 1. The number of ether oxygens (including phenoxy) is 2. The first-order chi connectivity index (χ1) is 15.1. The molecule has 1 heterocycles. The summed E-state index contributed by atoms with van der Waals surface area (Å²) in [6, 6.07) is 19.0. The van der Waals surface area contributed by atoms with Gasteiger partial charge in [-0.05, 0) is 29.8 Å². The van der Waals surface area contributed by atoms with Crippen LogP contribution in [0.3, 0.4) is 0 Å². The Labute approximate surface area is 187 Å². The fraction of sp³-hybridized carbons (Fsp3) is 0.130. The number of halogens is 2. The number of carbonyl (C=O) groups is 1. The van der Waals surface area contributed by atoms with E-state index in [9.17, 15) is 9.18 Å². The molecule has 5 nitrogen and oxygen atoms in total. The van der Waals surface area contributed by atoms with Crippen molar-refractivity contribution in [1.82, 2.24) is 4.98 Å². The molecule has 0 bridgehead atoms. The van der Waals surface area contributed by atoms with Crippen LogP contribution < -0.4 is 14.4 Å².